The fourth-order valence-corrected chi connectivity index (χ4v) is 3.30. The molecule has 0 saturated carbocycles. The molecule has 0 amide bonds. The quantitative estimate of drug-likeness (QED) is 0.853. The maximum atomic E-state index is 6.04. The Bertz CT molecular complexity index is 565. The molecule has 1 atom stereocenters. The smallest absolute Gasteiger partial charge is 0.195 e. The van der Waals surface area contributed by atoms with Gasteiger partial charge in [0.15, 0.2) is 5.79 Å². The van der Waals surface area contributed by atoms with Crippen molar-refractivity contribution in [3.8, 4) is 0 Å². The molecule has 3 nitrogen and oxygen atoms in total. The van der Waals surface area contributed by atoms with Crippen LogP contribution in [-0.4, -0.2) is 20.3 Å². The average Bonchev–Trinajstić information content (AvgIpc) is 3.16. The van der Waals surface area contributed by atoms with Crippen LogP contribution in [0.3, 0.4) is 0 Å². The van der Waals surface area contributed by atoms with Crippen LogP contribution in [0.15, 0.2) is 60.7 Å². The fraction of sp³-hybridized carbons (Fsp3) is 0.429. The number of benzene rings is 2. The lowest BCUT2D eigenvalue weighted by Gasteiger charge is -2.29. The summed E-state index contributed by atoms with van der Waals surface area (Å²) in [6, 6.07) is 21.1. The van der Waals surface area contributed by atoms with Crippen LogP contribution in [-0.2, 0) is 15.3 Å². The average molecular weight is 327 g/mol. The van der Waals surface area contributed by atoms with Crippen molar-refractivity contribution < 1.29 is 9.47 Å². The van der Waals surface area contributed by atoms with Crippen molar-refractivity contribution in [3.05, 3.63) is 71.8 Å². The van der Waals surface area contributed by atoms with Crippen molar-refractivity contribution in [2.24, 2.45) is 5.73 Å². The second kappa shape index (κ2) is 9.58. The van der Waals surface area contributed by atoms with E-state index < -0.39 is 5.79 Å². The Hall–Kier alpha value is -1.68. The lowest BCUT2D eigenvalue weighted by atomic mass is 9.88. The fourth-order valence-electron chi connectivity index (χ4n) is 3.30. The number of hydrogen-bond donors (Lipinski definition) is 1. The van der Waals surface area contributed by atoms with E-state index in [-0.39, 0.29) is 0 Å². The molecule has 0 aliphatic carbocycles. The van der Waals surface area contributed by atoms with E-state index in [1.54, 1.807) is 0 Å². The van der Waals surface area contributed by atoms with Crippen molar-refractivity contribution in [2.45, 2.75) is 37.9 Å². The van der Waals surface area contributed by atoms with E-state index in [2.05, 4.69) is 67.3 Å². The van der Waals surface area contributed by atoms with Crippen LogP contribution in [0.4, 0.5) is 0 Å². The minimum Gasteiger partial charge on any atom is -0.343 e. The van der Waals surface area contributed by atoms with Gasteiger partial charge in [0, 0.05) is 12.0 Å². The van der Waals surface area contributed by atoms with Crippen LogP contribution >= 0.6 is 0 Å². The summed E-state index contributed by atoms with van der Waals surface area (Å²) in [5.41, 5.74) is 7.04. The first-order valence-corrected chi connectivity index (χ1v) is 8.80. The Morgan fingerprint density at radius 2 is 1.46 bits per heavy atom. The highest BCUT2D eigenvalue weighted by Gasteiger charge is 2.38. The molecule has 1 aliphatic heterocycles. The van der Waals surface area contributed by atoms with Gasteiger partial charge in [-0.3, -0.25) is 0 Å². The van der Waals surface area contributed by atoms with Crippen molar-refractivity contribution in [3.63, 3.8) is 0 Å². The van der Waals surface area contributed by atoms with Crippen molar-refractivity contribution in [1.29, 1.82) is 0 Å². The lowest BCUT2D eigenvalue weighted by molar-refractivity contribution is -0.172. The second-order valence-corrected chi connectivity index (χ2v) is 5.87. The summed E-state index contributed by atoms with van der Waals surface area (Å²) < 4.78 is 12.1. The molecule has 24 heavy (non-hydrogen) atoms. The number of rotatable bonds is 6. The molecule has 2 aromatic rings. The normalized spacial score (nSPS) is 17.0. The van der Waals surface area contributed by atoms with E-state index in [4.69, 9.17) is 9.47 Å². The van der Waals surface area contributed by atoms with Gasteiger partial charge in [-0.2, -0.15) is 0 Å². The SMILES string of the molecule is CCC(CCC1(c2ccccc2)OCCO1)c1ccccc1.CN. The van der Waals surface area contributed by atoms with Crippen LogP contribution in [0.2, 0.25) is 0 Å². The third-order valence-electron chi connectivity index (χ3n) is 4.55. The van der Waals surface area contributed by atoms with Crippen LogP contribution in [0, 0.1) is 0 Å². The molecule has 1 aliphatic rings. The summed E-state index contributed by atoms with van der Waals surface area (Å²) >= 11 is 0. The highest BCUT2D eigenvalue weighted by Crippen LogP contribution is 2.39. The summed E-state index contributed by atoms with van der Waals surface area (Å²) in [5, 5.41) is 0. The van der Waals surface area contributed by atoms with E-state index in [0.717, 1.165) is 24.8 Å². The Morgan fingerprint density at radius 3 is 2.00 bits per heavy atom. The van der Waals surface area contributed by atoms with Crippen molar-refractivity contribution in [2.75, 3.05) is 20.3 Å². The van der Waals surface area contributed by atoms with E-state index in [1.165, 1.54) is 12.6 Å². The largest absolute Gasteiger partial charge is 0.343 e. The monoisotopic (exact) mass is 327 g/mol. The minimum atomic E-state index is -0.552. The summed E-state index contributed by atoms with van der Waals surface area (Å²) in [6.45, 7) is 3.61. The molecule has 130 valence electrons. The second-order valence-electron chi connectivity index (χ2n) is 5.87. The van der Waals surface area contributed by atoms with E-state index >= 15 is 0 Å². The van der Waals surface area contributed by atoms with E-state index in [9.17, 15) is 0 Å². The first kappa shape index (κ1) is 18.7. The van der Waals surface area contributed by atoms with Crippen LogP contribution < -0.4 is 5.73 Å². The van der Waals surface area contributed by atoms with Crippen LogP contribution in [0.1, 0.15) is 43.2 Å². The topological polar surface area (TPSA) is 44.5 Å². The molecule has 0 aromatic heterocycles. The maximum Gasteiger partial charge on any atom is 0.195 e. The molecule has 2 aromatic carbocycles. The maximum absolute atomic E-state index is 6.04. The van der Waals surface area contributed by atoms with Crippen molar-refractivity contribution >= 4 is 0 Å². The molecule has 1 unspecified atom stereocenters. The van der Waals surface area contributed by atoms with Gasteiger partial charge in [-0.25, -0.2) is 0 Å². The van der Waals surface area contributed by atoms with Gasteiger partial charge in [0.1, 0.15) is 0 Å². The molecule has 0 bridgehead atoms. The van der Waals surface area contributed by atoms with Gasteiger partial charge in [0.25, 0.3) is 0 Å². The van der Waals surface area contributed by atoms with Crippen molar-refractivity contribution in [1.82, 2.24) is 0 Å². The Kier molecular flexibility index (Phi) is 7.44. The van der Waals surface area contributed by atoms with Gasteiger partial charge in [-0.05, 0) is 31.4 Å². The van der Waals surface area contributed by atoms with Crippen LogP contribution in [0.25, 0.3) is 0 Å². The van der Waals surface area contributed by atoms with Crippen LogP contribution in [0.5, 0.6) is 0 Å². The Balaban J connectivity index is 0.00000100. The molecule has 0 spiro atoms. The zero-order chi connectivity index (χ0) is 17.3. The molecular weight excluding hydrogens is 298 g/mol. The zero-order valence-electron chi connectivity index (χ0n) is 14.8. The standard InChI is InChI=1S/C20H24O2.CH5N/c1-2-17(18-9-5-3-6-10-18)13-14-20(21-15-16-22-20)19-11-7-4-8-12-19;1-2/h3-12,17H,2,13-16H2,1H3;2H2,1H3. The molecule has 1 heterocycles. The Morgan fingerprint density at radius 1 is 0.917 bits per heavy atom. The summed E-state index contributed by atoms with van der Waals surface area (Å²) in [4.78, 5) is 0. The first-order chi connectivity index (χ1) is 11.8. The summed E-state index contributed by atoms with van der Waals surface area (Å²) in [7, 11) is 1.50. The van der Waals surface area contributed by atoms with Gasteiger partial charge in [0.05, 0.1) is 13.2 Å². The molecule has 2 N–H and O–H groups in total. The van der Waals surface area contributed by atoms with Gasteiger partial charge in [-0.15, -0.1) is 0 Å². The predicted molar refractivity (Wildman–Crippen MR) is 98.8 cm³/mol. The van der Waals surface area contributed by atoms with E-state index in [0.29, 0.717) is 19.1 Å². The molecular formula is C21H29NO2. The third-order valence-corrected chi connectivity index (χ3v) is 4.55. The molecule has 0 radical (unpaired) electrons. The van der Waals surface area contributed by atoms with Gasteiger partial charge in [0.2, 0.25) is 0 Å². The lowest BCUT2D eigenvalue weighted by Crippen LogP contribution is -2.27. The summed E-state index contributed by atoms with van der Waals surface area (Å²) in [6.07, 6.45) is 3.09. The van der Waals surface area contributed by atoms with Gasteiger partial charge < -0.3 is 15.2 Å². The highest BCUT2D eigenvalue weighted by atomic mass is 16.7. The number of nitrogens with two attached hydrogens (primary N) is 1. The summed E-state index contributed by atoms with van der Waals surface area (Å²) in [5.74, 6) is -0.00158. The number of hydrogen-bond acceptors (Lipinski definition) is 3. The molecule has 1 saturated heterocycles. The van der Waals surface area contributed by atoms with Gasteiger partial charge >= 0.3 is 0 Å². The zero-order valence-corrected chi connectivity index (χ0v) is 14.8. The highest BCUT2D eigenvalue weighted by molar-refractivity contribution is 5.22. The third kappa shape index (κ3) is 4.44. The van der Waals surface area contributed by atoms with E-state index in [1.807, 2.05) is 6.07 Å². The first-order valence-electron chi connectivity index (χ1n) is 8.80. The predicted octanol–water partition coefficient (Wildman–Crippen LogP) is 4.44. The van der Waals surface area contributed by atoms with Gasteiger partial charge in [-0.1, -0.05) is 67.6 Å². The molecule has 3 rings (SSSR count). The molecule has 3 heteroatoms. The minimum absolute atomic E-state index is 0.551. The number of ether oxygens (including phenoxy) is 2. The molecule has 1 fully saturated rings. The Labute approximate surface area is 145 Å².